The van der Waals surface area contributed by atoms with E-state index in [2.05, 4.69) is 12.1 Å². The van der Waals surface area contributed by atoms with Gasteiger partial charge in [0.1, 0.15) is 9.71 Å². The number of fused-ring (bicyclic) bond motifs is 3. The van der Waals surface area contributed by atoms with Gasteiger partial charge in [-0.2, -0.15) is 0 Å². The summed E-state index contributed by atoms with van der Waals surface area (Å²) in [4.78, 5) is 21.5. The van der Waals surface area contributed by atoms with Crippen LogP contribution in [0.5, 0.6) is 0 Å². The highest BCUT2D eigenvalue weighted by Crippen LogP contribution is 2.38. The fourth-order valence-electron chi connectivity index (χ4n) is 4.17. The van der Waals surface area contributed by atoms with Crippen molar-refractivity contribution in [2.75, 3.05) is 17.2 Å². The Labute approximate surface area is 156 Å². The Bertz CT molecular complexity index is 1020. The largest absolute Gasteiger partial charge is 0.397 e. The van der Waals surface area contributed by atoms with E-state index in [1.807, 2.05) is 23.1 Å². The number of nitrogens with two attached hydrogens (primary N) is 1. The molecule has 132 valence electrons. The molecule has 2 aromatic heterocycles. The number of nitrogen functional groups attached to an aromatic ring is 1. The molecule has 1 aliphatic carbocycles. The van der Waals surface area contributed by atoms with E-state index in [-0.39, 0.29) is 5.91 Å². The van der Waals surface area contributed by atoms with E-state index in [1.54, 1.807) is 0 Å². The summed E-state index contributed by atoms with van der Waals surface area (Å²) in [5, 5.41) is 0.950. The topological polar surface area (TPSA) is 59.2 Å². The van der Waals surface area contributed by atoms with Gasteiger partial charge in [0.25, 0.3) is 5.91 Å². The molecule has 0 bridgehead atoms. The van der Waals surface area contributed by atoms with Crippen LogP contribution >= 0.6 is 11.3 Å². The third-order valence-electron chi connectivity index (χ3n) is 5.58. The van der Waals surface area contributed by atoms with Gasteiger partial charge in [-0.25, -0.2) is 4.98 Å². The van der Waals surface area contributed by atoms with Crippen molar-refractivity contribution in [3.8, 4) is 0 Å². The van der Waals surface area contributed by atoms with Crippen LogP contribution in [0.2, 0.25) is 0 Å². The first kappa shape index (κ1) is 15.8. The number of aromatic nitrogens is 1. The van der Waals surface area contributed by atoms with Crippen molar-refractivity contribution < 1.29 is 4.79 Å². The zero-order chi connectivity index (χ0) is 17.7. The number of para-hydroxylation sites is 1. The van der Waals surface area contributed by atoms with Crippen LogP contribution in [0.15, 0.2) is 30.3 Å². The highest BCUT2D eigenvalue weighted by atomic mass is 32.1. The number of pyridine rings is 1. The summed E-state index contributed by atoms with van der Waals surface area (Å²) >= 11 is 1.45. The van der Waals surface area contributed by atoms with Crippen molar-refractivity contribution >= 4 is 38.8 Å². The van der Waals surface area contributed by atoms with Crippen molar-refractivity contribution in [2.24, 2.45) is 0 Å². The van der Waals surface area contributed by atoms with Crippen molar-refractivity contribution in [3.63, 3.8) is 0 Å². The van der Waals surface area contributed by atoms with Gasteiger partial charge < -0.3 is 10.6 Å². The predicted octanol–water partition coefficient (Wildman–Crippen LogP) is 4.35. The second kappa shape index (κ2) is 6.09. The van der Waals surface area contributed by atoms with Gasteiger partial charge in [0.2, 0.25) is 0 Å². The molecule has 0 saturated carbocycles. The third-order valence-corrected chi connectivity index (χ3v) is 6.68. The van der Waals surface area contributed by atoms with Crippen LogP contribution in [0.25, 0.3) is 10.2 Å². The number of amides is 1. The van der Waals surface area contributed by atoms with Crippen LogP contribution in [0.1, 0.15) is 45.8 Å². The predicted molar refractivity (Wildman–Crippen MR) is 107 cm³/mol. The lowest BCUT2D eigenvalue weighted by Gasteiger charge is -2.16. The molecule has 4 nitrogen and oxygen atoms in total. The Morgan fingerprint density at radius 1 is 1.08 bits per heavy atom. The Kier molecular flexibility index (Phi) is 3.71. The smallest absolute Gasteiger partial charge is 0.270 e. The molecular weight excluding hydrogens is 342 g/mol. The Hall–Kier alpha value is -2.40. The van der Waals surface area contributed by atoms with Crippen molar-refractivity contribution in [3.05, 3.63) is 52.0 Å². The Morgan fingerprint density at radius 3 is 2.85 bits per heavy atom. The molecular formula is C21H21N3OS. The van der Waals surface area contributed by atoms with Crippen LogP contribution in [0, 0.1) is 0 Å². The molecule has 0 radical (unpaired) electrons. The van der Waals surface area contributed by atoms with Gasteiger partial charge in [0.15, 0.2) is 0 Å². The third kappa shape index (κ3) is 2.42. The summed E-state index contributed by atoms with van der Waals surface area (Å²) in [6.45, 7) is 0.718. The molecule has 2 N–H and O–H groups in total. The standard InChI is InChI=1S/C21H21N3OS/c22-18-15-12-14-7-2-1-3-8-16(14)23-20(15)26-19(18)21(25)24-11-10-13-6-4-5-9-17(13)24/h4-6,9,12H,1-3,7-8,10-11,22H2. The number of thiophene rings is 1. The van der Waals surface area contributed by atoms with Gasteiger partial charge in [-0.05, 0) is 55.4 Å². The van der Waals surface area contributed by atoms with Crippen LogP contribution in [-0.4, -0.2) is 17.4 Å². The summed E-state index contributed by atoms with van der Waals surface area (Å²) in [5.41, 5.74) is 11.8. The van der Waals surface area contributed by atoms with Gasteiger partial charge in [0, 0.05) is 23.3 Å². The van der Waals surface area contributed by atoms with E-state index >= 15 is 0 Å². The van der Waals surface area contributed by atoms with Crippen LogP contribution in [0.4, 0.5) is 11.4 Å². The molecule has 5 rings (SSSR count). The highest BCUT2D eigenvalue weighted by molar-refractivity contribution is 7.21. The molecule has 0 saturated heterocycles. The summed E-state index contributed by atoms with van der Waals surface area (Å²) in [7, 11) is 0. The van der Waals surface area contributed by atoms with E-state index in [4.69, 9.17) is 10.7 Å². The molecule has 0 spiro atoms. The van der Waals surface area contributed by atoms with Crippen LogP contribution in [-0.2, 0) is 19.3 Å². The lowest BCUT2D eigenvalue weighted by molar-refractivity contribution is 0.0994. The first-order valence-corrected chi connectivity index (χ1v) is 10.1. The minimum atomic E-state index is 0.00523. The molecule has 0 unspecified atom stereocenters. The Balaban J connectivity index is 1.57. The molecule has 5 heteroatoms. The number of aryl methyl sites for hydroxylation is 2. The van der Waals surface area contributed by atoms with E-state index in [0.717, 1.165) is 41.7 Å². The molecule has 1 aliphatic heterocycles. The fraction of sp³-hybridized carbons (Fsp3) is 0.333. The highest BCUT2D eigenvalue weighted by Gasteiger charge is 2.29. The zero-order valence-corrected chi connectivity index (χ0v) is 15.4. The monoisotopic (exact) mass is 363 g/mol. The van der Waals surface area contributed by atoms with Crippen molar-refractivity contribution in [1.29, 1.82) is 0 Å². The van der Waals surface area contributed by atoms with E-state index in [9.17, 15) is 4.79 Å². The SMILES string of the molecule is Nc1c(C(=O)N2CCc3ccccc32)sc2nc3c(cc12)CCCCC3. The van der Waals surface area contributed by atoms with Gasteiger partial charge in [-0.1, -0.05) is 24.6 Å². The number of benzene rings is 1. The second-order valence-electron chi connectivity index (χ2n) is 7.19. The number of carbonyl (C=O) groups is 1. The maximum Gasteiger partial charge on any atom is 0.270 e. The van der Waals surface area contributed by atoms with E-state index in [0.29, 0.717) is 10.6 Å². The molecule has 3 heterocycles. The first-order valence-electron chi connectivity index (χ1n) is 9.33. The molecule has 26 heavy (non-hydrogen) atoms. The summed E-state index contributed by atoms with van der Waals surface area (Å²) in [6.07, 6.45) is 6.67. The fourth-order valence-corrected chi connectivity index (χ4v) is 5.21. The number of anilines is 2. The number of nitrogens with zero attached hydrogens (tertiary/aromatic N) is 2. The molecule has 0 fully saturated rings. The van der Waals surface area contributed by atoms with Crippen molar-refractivity contribution in [2.45, 2.75) is 38.5 Å². The zero-order valence-electron chi connectivity index (χ0n) is 14.6. The average Bonchev–Trinajstić information content (AvgIpc) is 3.13. The minimum absolute atomic E-state index is 0.00523. The normalized spacial score (nSPS) is 16.4. The van der Waals surface area contributed by atoms with Crippen LogP contribution in [0.3, 0.4) is 0 Å². The average molecular weight is 363 g/mol. The number of hydrogen-bond acceptors (Lipinski definition) is 4. The molecule has 1 aromatic carbocycles. The molecule has 1 amide bonds. The molecule has 0 atom stereocenters. The molecule has 3 aromatic rings. The lowest BCUT2D eigenvalue weighted by Crippen LogP contribution is -2.28. The number of carbonyl (C=O) groups excluding carboxylic acids is 1. The minimum Gasteiger partial charge on any atom is -0.397 e. The maximum atomic E-state index is 13.2. The number of rotatable bonds is 1. The van der Waals surface area contributed by atoms with Gasteiger partial charge in [0.05, 0.1) is 5.69 Å². The summed E-state index contributed by atoms with van der Waals surface area (Å²) < 4.78 is 0. The number of hydrogen-bond donors (Lipinski definition) is 1. The van der Waals surface area contributed by atoms with E-state index in [1.165, 1.54) is 47.4 Å². The quantitative estimate of drug-likeness (QED) is 0.654. The lowest BCUT2D eigenvalue weighted by atomic mass is 10.1. The summed E-state index contributed by atoms with van der Waals surface area (Å²) in [5.74, 6) is 0.00523. The maximum absolute atomic E-state index is 13.2. The van der Waals surface area contributed by atoms with E-state index < -0.39 is 0 Å². The van der Waals surface area contributed by atoms with Gasteiger partial charge in [-0.15, -0.1) is 11.3 Å². The van der Waals surface area contributed by atoms with Gasteiger partial charge >= 0.3 is 0 Å². The summed E-state index contributed by atoms with van der Waals surface area (Å²) in [6, 6.07) is 10.3. The Morgan fingerprint density at radius 2 is 1.92 bits per heavy atom. The van der Waals surface area contributed by atoms with Crippen molar-refractivity contribution in [1.82, 2.24) is 4.98 Å². The first-order chi connectivity index (χ1) is 12.7. The van der Waals surface area contributed by atoms with Gasteiger partial charge in [-0.3, -0.25) is 4.79 Å². The second-order valence-corrected chi connectivity index (χ2v) is 8.19. The molecule has 2 aliphatic rings. The van der Waals surface area contributed by atoms with Crippen LogP contribution < -0.4 is 10.6 Å².